The standard InChI is InChI=1S/C22H15BrO3/c1-25-20-11-8-14-4-2-3-5-18(14)19(20)12-16-13-21(26-22(16)24)15-6-9-17(23)10-7-15/h2-13H,1H3/b16-12-. The molecule has 0 fully saturated rings. The van der Waals surface area contributed by atoms with Crippen molar-refractivity contribution in [3.05, 3.63) is 87.9 Å². The van der Waals surface area contributed by atoms with Gasteiger partial charge in [0.25, 0.3) is 0 Å². The van der Waals surface area contributed by atoms with Crippen molar-refractivity contribution >= 4 is 44.5 Å². The first-order valence-corrected chi connectivity index (χ1v) is 8.92. The van der Waals surface area contributed by atoms with Gasteiger partial charge in [0.15, 0.2) is 0 Å². The van der Waals surface area contributed by atoms with E-state index in [4.69, 9.17) is 9.47 Å². The summed E-state index contributed by atoms with van der Waals surface area (Å²) in [6.07, 6.45) is 3.60. The maximum Gasteiger partial charge on any atom is 0.343 e. The summed E-state index contributed by atoms with van der Waals surface area (Å²) in [6.45, 7) is 0. The maximum absolute atomic E-state index is 12.4. The fraction of sp³-hybridized carbons (Fsp3) is 0.0455. The zero-order valence-corrected chi connectivity index (χ0v) is 15.6. The zero-order chi connectivity index (χ0) is 18.1. The number of methoxy groups -OCH3 is 1. The van der Waals surface area contributed by atoms with Crippen LogP contribution in [0, 0.1) is 0 Å². The van der Waals surface area contributed by atoms with Crippen LogP contribution >= 0.6 is 15.9 Å². The number of rotatable bonds is 3. The summed E-state index contributed by atoms with van der Waals surface area (Å²) in [5, 5.41) is 2.11. The summed E-state index contributed by atoms with van der Waals surface area (Å²) in [7, 11) is 1.63. The number of fused-ring (bicyclic) bond motifs is 1. The van der Waals surface area contributed by atoms with E-state index >= 15 is 0 Å². The van der Waals surface area contributed by atoms with Gasteiger partial charge < -0.3 is 9.47 Å². The van der Waals surface area contributed by atoms with Gasteiger partial charge in [0.2, 0.25) is 0 Å². The zero-order valence-electron chi connectivity index (χ0n) is 14.0. The molecule has 1 aliphatic rings. The molecule has 0 spiro atoms. The van der Waals surface area contributed by atoms with Gasteiger partial charge >= 0.3 is 5.97 Å². The molecule has 1 aliphatic heterocycles. The molecule has 0 radical (unpaired) electrons. The highest BCUT2D eigenvalue weighted by molar-refractivity contribution is 9.10. The van der Waals surface area contributed by atoms with Crippen molar-refractivity contribution < 1.29 is 14.3 Å². The Morgan fingerprint density at radius 1 is 1.00 bits per heavy atom. The smallest absolute Gasteiger partial charge is 0.343 e. The van der Waals surface area contributed by atoms with E-state index < -0.39 is 0 Å². The predicted octanol–water partition coefficient (Wildman–Crippen LogP) is 5.59. The monoisotopic (exact) mass is 406 g/mol. The van der Waals surface area contributed by atoms with Crippen LogP contribution < -0.4 is 4.74 Å². The van der Waals surface area contributed by atoms with Crippen LogP contribution in [0.2, 0.25) is 0 Å². The van der Waals surface area contributed by atoms with Crippen LogP contribution in [-0.2, 0) is 9.53 Å². The highest BCUT2D eigenvalue weighted by atomic mass is 79.9. The Morgan fingerprint density at radius 2 is 1.77 bits per heavy atom. The maximum atomic E-state index is 12.4. The summed E-state index contributed by atoms with van der Waals surface area (Å²) in [5.74, 6) is 0.903. The van der Waals surface area contributed by atoms with Crippen LogP contribution in [0.25, 0.3) is 22.6 Å². The second kappa shape index (κ2) is 6.81. The minimum atomic E-state index is -0.363. The number of carbonyl (C=O) groups is 1. The van der Waals surface area contributed by atoms with Crippen LogP contribution in [0.1, 0.15) is 11.1 Å². The Kier molecular flexibility index (Phi) is 4.35. The fourth-order valence-electron chi connectivity index (χ4n) is 3.00. The molecule has 0 atom stereocenters. The normalized spacial score (nSPS) is 15.2. The lowest BCUT2D eigenvalue weighted by molar-refractivity contribution is -0.130. The third kappa shape index (κ3) is 3.04. The minimum Gasteiger partial charge on any atom is -0.496 e. The van der Waals surface area contributed by atoms with Crippen LogP contribution in [-0.4, -0.2) is 13.1 Å². The van der Waals surface area contributed by atoms with Crippen molar-refractivity contribution in [3.8, 4) is 5.75 Å². The Balaban J connectivity index is 1.82. The number of esters is 1. The second-order valence-electron chi connectivity index (χ2n) is 5.91. The van der Waals surface area contributed by atoms with Crippen LogP contribution in [0.3, 0.4) is 0 Å². The van der Waals surface area contributed by atoms with Gasteiger partial charge in [0, 0.05) is 15.6 Å². The molecule has 0 saturated carbocycles. The number of carbonyl (C=O) groups excluding carboxylic acids is 1. The molecule has 128 valence electrons. The van der Waals surface area contributed by atoms with Crippen molar-refractivity contribution in [2.24, 2.45) is 0 Å². The third-order valence-corrected chi connectivity index (χ3v) is 4.83. The van der Waals surface area contributed by atoms with E-state index in [0.29, 0.717) is 11.3 Å². The van der Waals surface area contributed by atoms with Gasteiger partial charge in [-0.25, -0.2) is 4.79 Å². The Bertz CT molecular complexity index is 1060. The van der Waals surface area contributed by atoms with Crippen molar-refractivity contribution in [2.45, 2.75) is 0 Å². The number of hydrogen-bond donors (Lipinski definition) is 0. The van der Waals surface area contributed by atoms with Crippen LogP contribution in [0.15, 0.2) is 76.8 Å². The Morgan fingerprint density at radius 3 is 2.54 bits per heavy atom. The van der Waals surface area contributed by atoms with Crippen LogP contribution in [0.4, 0.5) is 0 Å². The van der Waals surface area contributed by atoms with E-state index in [1.54, 1.807) is 13.2 Å². The average molecular weight is 407 g/mol. The molecule has 0 N–H and O–H groups in total. The van der Waals surface area contributed by atoms with Gasteiger partial charge in [-0.2, -0.15) is 0 Å². The van der Waals surface area contributed by atoms with E-state index in [9.17, 15) is 4.79 Å². The van der Waals surface area contributed by atoms with Gasteiger partial charge in [-0.1, -0.05) is 58.4 Å². The summed E-state index contributed by atoms with van der Waals surface area (Å²) in [6, 6.07) is 19.6. The molecule has 3 aromatic rings. The minimum absolute atomic E-state index is 0.363. The molecule has 0 unspecified atom stereocenters. The lowest BCUT2D eigenvalue weighted by Crippen LogP contribution is -1.98. The SMILES string of the molecule is COc1ccc2ccccc2c1/C=C1/C=C(c2ccc(Br)cc2)OC1=O. The van der Waals surface area contributed by atoms with Gasteiger partial charge in [-0.15, -0.1) is 0 Å². The van der Waals surface area contributed by atoms with E-state index in [2.05, 4.69) is 15.9 Å². The summed E-state index contributed by atoms with van der Waals surface area (Å²) < 4.78 is 11.9. The van der Waals surface area contributed by atoms with Crippen LogP contribution in [0.5, 0.6) is 5.75 Å². The van der Waals surface area contributed by atoms with Gasteiger partial charge in [-0.3, -0.25) is 0 Å². The molecular formula is C22H15BrO3. The largest absolute Gasteiger partial charge is 0.496 e. The molecule has 0 saturated heterocycles. The van der Waals surface area contributed by atoms with Gasteiger partial charge in [0.1, 0.15) is 11.5 Å². The topological polar surface area (TPSA) is 35.5 Å². The van der Waals surface area contributed by atoms with Crippen molar-refractivity contribution in [2.75, 3.05) is 7.11 Å². The highest BCUT2D eigenvalue weighted by Crippen LogP contribution is 2.33. The van der Waals surface area contributed by atoms with Crippen molar-refractivity contribution in [1.82, 2.24) is 0 Å². The molecule has 3 aromatic carbocycles. The first-order valence-electron chi connectivity index (χ1n) is 8.13. The Labute approximate surface area is 159 Å². The molecule has 0 amide bonds. The molecule has 0 bridgehead atoms. The molecule has 4 heteroatoms. The number of benzene rings is 3. The third-order valence-electron chi connectivity index (χ3n) is 4.30. The first kappa shape index (κ1) is 16.6. The lowest BCUT2D eigenvalue weighted by Gasteiger charge is -2.09. The van der Waals surface area contributed by atoms with E-state index in [0.717, 1.165) is 32.1 Å². The number of cyclic esters (lactones) is 1. The number of hydrogen-bond acceptors (Lipinski definition) is 3. The summed E-state index contributed by atoms with van der Waals surface area (Å²) in [4.78, 5) is 12.4. The number of ether oxygens (including phenoxy) is 2. The quantitative estimate of drug-likeness (QED) is 0.419. The second-order valence-corrected chi connectivity index (χ2v) is 6.82. The van der Waals surface area contributed by atoms with E-state index in [1.807, 2.05) is 66.7 Å². The van der Waals surface area contributed by atoms with E-state index in [1.165, 1.54) is 0 Å². The number of halogens is 1. The molecule has 1 heterocycles. The fourth-order valence-corrected chi connectivity index (χ4v) is 3.27. The summed E-state index contributed by atoms with van der Waals surface area (Å²) in [5.41, 5.74) is 2.22. The summed E-state index contributed by atoms with van der Waals surface area (Å²) >= 11 is 3.41. The highest BCUT2D eigenvalue weighted by Gasteiger charge is 2.22. The molecule has 3 nitrogen and oxygen atoms in total. The van der Waals surface area contributed by atoms with Gasteiger partial charge in [0.05, 0.1) is 12.7 Å². The molecular weight excluding hydrogens is 392 g/mol. The predicted molar refractivity (Wildman–Crippen MR) is 107 cm³/mol. The lowest BCUT2D eigenvalue weighted by atomic mass is 10.0. The molecule has 0 aliphatic carbocycles. The molecule has 0 aromatic heterocycles. The molecule has 4 rings (SSSR count). The molecule has 26 heavy (non-hydrogen) atoms. The van der Waals surface area contributed by atoms with Gasteiger partial charge in [-0.05, 0) is 41.1 Å². The first-order chi connectivity index (χ1) is 12.7. The van der Waals surface area contributed by atoms with Crippen molar-refractivity contribution in [1.29, 1.82) is 0 Å². The average Bonchev–Trinajstić information content (AvgIpc) is 3.03. The van der Waals surface area contributed by atoms with E-state index in [-0.39, 0.29) is 5.97 Å². The van der Waals surface area contributed by atoms with Crippen molar-refractivity contribution in [3.63, 3.8) is 0 Å². The Hall–Kier alpha value is -2.85.